The van der Waals surface area contributed by atoms with Crippen LogP contribution in [-0.4, -0.2) is 18.6 Å². The largest absolute Gasteiger partial charge is 0.462 e. The monoisotopic (exact) mass is 320 g/mol. The van der Waals surface area contributed by atoms with E-state index in [-0.39, 0.29) is 6.61 Å². The fourth-order valence-corrected chi connectivity index (χ4v) is 1.54. The van der Waals surface area contributed by atoms with E-state index in [4.69, 9.17) is 16.3 Å². The zero-order chi connectivity index (χ0) is 16.5. The van der Waals surface area contributed by atoms with Gasteiger partial charge in [-0.1, -0.05) is 30.8 Å². The van der Waals surface area contributed by atoms with E-state index in [9.17, 15) is 9.59 Å². The second kappa shape index (κ2) is 8.69. The highest BCUT2D eigenvalue weighted by Gasteiger charge is 2.08. The second-order valence-electron chi connectivity index (χ2n) is 4.19. The fourth-order valence-electron chi connectivity index (χ4n) is 1.48. The summed E-state index contributed by atoms with van der Waals surface area (Å²) in [6.07, 6.45) is 3.02. The standard InChI is InChI=1S/C16H17ClN2O3/c1-4-22-15(20)13-6-5-7-14(10-13)19-16(21)18-12(3)9-8-11(2)17/h5-10H,2-4H2,1H3,(H2,18,19,21)/b9-8-. The topological polar surface area (TPSA) is 67.4 Å². The van der Waals surface area contributed by atoms with Gasteiger partial charge in [0.1, 0.15) is 0 Å². The van der Waals surface area contributed by atoms with Crippen molar-refractivity contribution in [1.29, 1.82) is 0 Å². The molecule has 0 atom stereocenters. The number of rotatable bonds is 6. The molecule has 1 rings (SSSR count). The van der Waals surface area contributed by atoms with Crippen molar-refractivity contribution in [2.24, 2.45) is 0 Å². The summed E-state index contributed by atoms with van der Waals surface area (Å²) >= 11 is 5.57. The number of esters is 1. The molecule has 2 amide bonds. The molecule has 2 N–H and O–H groups in total. The molecule has 0 saturated heterocycles. The molecule has 0 aliphatic carbocycles. The Morgan fingerprint density at radius 3 is 2.68 bits per heavy atom. The zero-order valence-corrected chi connectivity index (χ0v) is 12.9. The number of hydrogen-bond donors (Lipinski definition) is 2. The van der Waals surface area contributed by atoms with Gasteiger partial charge >= 0.3 is 12.0 Å². The fraction of sp³-hybridized carbons (Fsp3) is 0.125. The van der Waals surface area contributed by atoms with E-state index >= 15 is 0 Å². The van der Waals surface area contributed by atoms with Crippen molar-refractivity contribution in [2.75, 3.05) is 11.9 Å². The van der Waals surface area contributed by atoms with Gasteiger partial charge in [0.25, 0.3) is 0 Å². The van der Waals surface area contributed by atoms with Gasteiger partial charge in [-0.3, -0.25) is 0 Å². The van der Waals surface area contributed by atoms with Crippen molar-refractivity contribution in [1.82, 2.24) is 5.32 Å². The van der Waals surface area contributed by atoms with Gasteiger partial charge < -0.3 is 15.4 Å². The molecule has 0 fully saturated rings. The Morgan fingerprint density at radius 2 is 2.05 bits per heavy atom. The quantitative estimate of drug-likeness (QED) is 0.618. The van der Waals surface area contributed by atoms with Crippen LogP contribution >= 0.6 is 11.6 Å². The van der Waals surface area contributed by atoms with Gasteiger partial charge in [0.05, 0.1) is 12.2 Å². The van der Waals surface area contributed by atoms with E-state index in [0.29, 0.717) is 22.0 Å². The normalized spacial score (nSPS) is 10.1. The van der Waals surface area contributed by atoms with Gasteiger partial charge in [-0.2, -0.15) is 0 Å². The number of allylic oxidation sites excluding steroid dienone is 3. The van der Waals surface area contributed by atoms with E-state index in [1.165, 1.54) is 18.2 Å². The summed E-state index contributed by atoms with van der Waals surface area (Å²) in [5, 5.41) is 5.42. The molecule has 0 aliphatic rings. The number of benzene rings is 1. The lowest BCUT2D eigenvalue weighted by Gasteiger charge is -2.08. The van der Waals surface area contributed by atoms with Crippen molar-refractivity contribution >= 4 is 29.3 Å². The minimum absolute atomic E-state index is 0.287. The van der Waals surface area contributed by atoms with E-state index in [2.05, 4.69) is 23.8 Å². The van der Waals surface area contributed by atoms with Crippen molar-refractivity contribution < 1.29 is 14.3 Å². The molecule has 0 aliphatic heterocycles. The predicted octanol–water partition coefficient (Wildman–Crippen LogP) is 3.81. The smallest absolute Gasteiger partial charge is 0.338 e. The Morgan fingerprint density at radius 1 is 1.32 bits per heavy atom. The summed E-state index contributed by atoms with van der Waals surface area (Å²) < 4.78 is 4.90. The van der Waals surface area contributed by atoms with Gasteiger partial charge in [0.2, 0.25) is 0 Å². The van der Waals surface area contributed by atoms with Crippen LogP contribution in [-0.2, 0) is 4.74 Å². The summed E-state index contributed by atoms with van der Waals surface area (Å²) in [5.74, 6) is -0.445. The minimum Gasteiger partial charge on any atom is -0.462 e. The maximum absolute atomic E-state index is 11.8. The van der Waals surface area contributed by atoms with Crippen LogP contribution in [0.4, 0.5) is 10.5 Å². The van der Waals surface area contributed by atoms with Crippen LogP contribution in [0.1, 0.15) is 17.3 Å². The number of ether oxygens (including phenoxy) is 1. The molecule has 22 heavy (non-hydrogen) atoms. The van der Waals surface area contributed by atoms with Crippen molar-refractivity contribution in [3.05, 3.63) is 65.9 Å². The van der Waals surface area contributed by atoms with E-state index in [1.54, 1.807) is 25.1 Å². The molecule has 0 saturated carbocycles. The molecule has 0 spiro atoms. The molecule has 6 heteroatoms. The third kappa shape index (κ3) is 6.28. The third-order valence-corrected chi connectivity index (χ3v) is 2.50. The van der Waals surface area contributed by atoms with E-state index in [0.717, 1.165) is 0 Å². The average Bonchev–Trinajstić information content (AvgIpc) is 2.45. The summed E-state index contributed by atoms with van der Waals surface area (Å²) in [5.41, 5.74) is 1.17. The number of anilines is 1. The summed E-state index contributed by atoms with van der Waals surface area (Å²) in [6, 6.07) is 5.94. The Kier molecular flexibility index (Phi) is 6.92. The molecule has 0 radical (unpaired) electrons. The van der Waals surface area contributed by atoms with E-state index < -0.39 is 12.0 Å². The molecule has 116 valence electrons. The molecule has 0 heterocycles. The van der Waals surface area contributed by atoms with Gasteiger partial charge in [-0.05, 0) is 37.3 Å². The molecule has 0 bridgehead atoms. The number of carbonyl (C=O) groups is 2. The lowest BCUT2D eigenvalue weighted by molar-refractivity contribution is 0.0526. The van der Waals surface area contributed by atoms with Gasteiger partial charge in [0, 0.05) is 16.4 Å². The summed E-state index contributed by atoms with van der Waals surface area (Å²) in [6.45, 7) is 9.14. The SMILES string of the molecule is C=C(Cl)/C=C\C(=C)NC(=O)Nc1cccc(C(=O)OCC)c1. The summed E-state index contributed by atoms with van der Waals surface area (Å²) in [4.78, 5) is 23.4. The Labute approximate surface area is 134 Å². The van der Waals surface area contributed by atoms with Crippen molar-refractivity contribution in [3.63, 3.8) is 0 Å². The highest BCUT2D eigenvalue weighted by atomic mass is 35.5. The van der Waals surface area contributed by atoms with Crippen LogP contribution in [0.15, 0.2) is 60.3 Å². The van der Waals surface area contributed by atoms with Crippen LogP contribution < -0.4 is 10.6 Å². The number of carbonyl (C=O) groups excluding carboxylic acids is 2. The highest BCUT2D eigenvalue weighted by molar-refractivity contribution is 6.30. The molecule has 1 aromatic carbocycles. The predicted molar refractivity (Wildman–Crippen MR) is 87.8 cm³/mol. The molecule has 0 unspecified atom stereocenters. The lowest BCUT2D eigenvalue weighted by Crippen LogP contribution is -2.27. The van der Waals surface area contributed by atoms with Gasteiger partial charge in [0.15, 0.2) is 0 Å². The zero-order valence-electron chi connectivity index (χ0n) is 12.2. The first-order valence-corrected chi connectivity index (χ1v) is 6.86. The second-order valence-corrected chi connectivity index (χ2v) is 4.67. The molecule has 1 aromatic rings. The molecule has 0 aromatic heterocycles. The van der Waals surface area contributed by atoms with Crippen LogP contribution in [0.2, 0.25) is 0 Å². The lowest BCUT2D eigenvalue weighted by atomic mass is 10.2. The number of nitrogens with one attached hydrogen (secondary N) is 2. The maximum atomic E-state index is 11.8. The Balaban J connectivity index is 2.65. The average molecular weight is 321 g/mol. The van der Waals surface area contributed by atoms with Crippen LogP contribution in [0.3, 0.4) is 0 Å². The number of hydrogen-bond acceptors (Lipinski definition) is 3. The van der Waals surface area contributed by atoms with Crippen LogP contribution in [0, 0.1) is 0 Å². The van der Waals surface area contributed by atoms with Crippen LogP contribution in [0.5, 0.6) is 0 Å². The number of urea groups is 1. The van der Waals surface area contributed by atoms with Crippen LogP contribution in [0.25, 0.3) is 0 Å². The van der Waals surface area contributed by atoms with Gasteiger partial charge in [-0.25, -0.2) is 9.59 Å². The van der Waals surface area contributed by atoms with E-state index in [1.807, 2.05) is 0 Å². The maximum Gasteiger partial charge on any atom is 0.338 e. The first-order chi connectivity index (χ1) is 10.4. The molecule has 5 nitrogen and oxygen atoms in total. The summed E-state index contributed by atoms with van der Waals surface area (Å²) in [7, 11) is 0. The molecular formula is C16H17ClN2O3. The van der Waals surface area contributed by atoms with Gasteiger partial charge in [-0.15, -0.1) is 0 Å². The first-order valence-electron chi connectivity index (χ1n) is 6.49. The number of amides is 2. The van der Waals surface area contributed by atoms with Crippen molar-refractivity contribution in [3.8, 4) is 0 Å². The van der Waals surface area contributed by atoms with Crippen molar-refractivity contribution in [2.45, 2.75) is 6.92 Å². The Bertz CT molecular complexity index is 624. The third-order valence-electron chi connectivity index (χ3n) is 2.37. The number of halogens is 1. The Hall–Kier alpha value is -2.53. The first kappa shape index (κ1) is 17.5. The minimum atomic E-state index is -0.490. The molecular weight excluding hydrogens is 304 g/mol. The highest BCUT2D eigenvalue weighted by Crippen LogP contribution is 2.12.